The normalized spacial score (nSPS) is 31.0. The van der Waals surface area contributed by atoms with Crippen LogP contribution in [0.15, 0.2) is 0 Å². The second-order valence-electron chi connectivity index (χ2n) is 6.29. The van der Waals surface area contributed by atoms with Gasteiger partial charge in [-0.3, -0.25) is 0 Å². The van der Waals surface area contributed by atoms with Gasteiger partial charge in [-0.1, -0.05) is 20.3 Å². The minimum absolute atomic E-state index is 0.585. The van der Waals surface area contributed by atoms with Crippen molar-refractivity contribution in [3.63, 3.8) is 0 Å². The Labute approximate surface area is 113 Å². The first-order valence-corrected chi connectivity index (χ1v) is 7.93. The molecule has 18 heavy (non-hydrogen) atoms. The van der Waals surface area contributed by atoms with Gasteiger partial charge in [0.25, 0.3) is 0 Å². The largest absolute Gasteiger partial charge is 0.316 e. The Hall–Kier alpha value is -0.120. The highest BCUT2D eigenvalue weighted by Gasteiger charge is 2.35. The molecule has 0 aromatic carbocycles. The Morgan fingerprint density at radius 1 is 1.00 bits per heavy atom. The second-order valence-corrected chi connectivity index (χ2v) is 6.29. The fourth-order valence-corrected chi connectivity index (χ4v) is 3.71. The smallest absolute Gasteiger partial charge is 0.0110 e. The molecule has 3 heteroatoms. The van der Waals surface area contributed by atoms with E-state index in [1.54, 1.807) is 0 Å². The van der Waals surface area contributed by atoms with Gasteiger partial charge < -0.3 is 15.1 Å². The summed E-state index contributed by atoms with van der Waals surface area (Å²) in [5.74, 6) is 0. The van der Waals surface area contributed by atoms with Gasteiger partial charge in [-0.05, 0) is 37.8 Å². The van der Waals surface area contributed by atoms with E-state index in [9.17, 15) is 0 Å². The van der Waals surface area contributed by atoms with Gasteiger partial charge in [0.05, 0.1) is 0 Å². The Bertz CT molecular complexity index is 228. The summed E-state index contributed by atoms with van der Waals surface area (Å²) < 4.78 is 0. The number of piperazine rings is 1. The minimum Gasteiger partial charge on any atom is -0.316 e. The van der Waals surface area contributed by atoms with Crippen molar-refractivity contribution in [3.05, 3.63) is 0 Å². The lowest BCUT2D eigenvalue weighted by Crippen LogP contribution is -2.50. The van der Waals surface area contributed by atoms with Crippen LogP contribution in [0.3, 0.4) is 0 Å². The molecule has 1 unspecified atom stereocenters. The van der Waals surface area contributed by atoms with Crippen molar-refractivity contribution in [2.45, 2.75) is 39.5 Å². The fraction of sp³-hybridized carbons (Fsp3) is 1.00. The van der Waals surface area contributed by atoms with Crippen LogP contribution >= 0.6 is 0 Å². The van der Waals surface area contributed by atoms with E-state index in [1.165, 1.54) is 78.0 Å². The molecule has 2 aliphatic heterocycles. The van der Waals surface area contributed by atoms with E-state index in [1.807, 2.05) is 0 Å². The molecule has 0 radical (unpaired) electrons. The molecule has 3 nitrogen and oxygen atoms in total. The zero-order valence-corrected chi connectivity index (χ0v) is 12.4. The SMILES string of the molecule is CCCN1CCN(CC2(CCC)CCNC2)CC1. The molecule has 0 bridgehead atoms. The third-order valence-electron chi connectivity index (χ3n) is 4.68. The van der Waals surface area contributed by atoms with Crippen LogP contribution in [0, 0.1) is 5.41 Å². The van der Waals surface area contributed by atoms with Crippen LogP contribution in [0.5, 0.6) is 0 Å². The maximum Gasteiger partial charge on any atom is 0.0110 e. The van der Waals surface area contributed by atoms with Crippen molar-refractivity contribution in [1.29, 1.82) is 0 Å². The van der Waals surface area contributed by atoms with Gasteiger partial charge in [0, 0.05) is 39.3 Å². The molecule has 2 heterocycles. The Morgan fingerprint density at radius 3 is 2.28 bits per heavy atom. The van der Waals surface area contributed by atoms with Crippen LogP contribution in [0.25, 0.3) is 0 Å². The molecule has 106 valence electrons. The van der Waals surface area contributed by atoms with Gasteiger partial charge >= 0.3 is 0 Å². The molecule has 0 aromatic heterocycles. The van der Waals surface area contributed by atoms with E-state index in [2.05, 4.69) is 29.0 Å². The standard InChI is InChI=1S/C15H31N3/c1-3-5-15(6-7-16-13-15)14-18-11-9-17(8-4-2)10-12-18/h16H,3-14H2,1-2H3. The van der Waals surface area contributed by atoms with E-state index in [0.717, 1.165) is 0 Å². The summed E-state index contributed by atoms with van der Waals surface area (Å²) in [7, 11) is 0. The summed E-state index contributed by atoms with van der Waals surface area (Å²) >= 11 is 0. The number of hydrogen-bond donors (Lipinski definition) is 1. The van der Waals surface area contributed by atoms with Gasteiger partial charge in [-0.15, -0.1) is 0 Å². The number of hydrogen-bond acceptors (Lipinski definition) is 3. The lowest BCUT2D eigenvalue weighted by molar-refractivity contribution is 0.0867. The molecule has 1 N–H and O–H groups in total. The van der Waals surface area contributed by atoms with E-state index < -0.39 is 0 Å². The molecule has 2 rings (SSSR count). The Kier molecular flexibility index (Phi) is 5.46. The minimum atomic E-state index is 0.585. The topological polar surface area (TPSA) is 18.5 Å². The monoisotopic (exact) mass is 253 g/mol. The summed E-state index contributed by atoms with van der Waals surface area (Å²) in [4.78, 5) is 5.34. The van der Waals surface area contributed by atoms with Crippen molar-refractivity contribution in [2.24, 2.45) is 5.41 Å². The molecular formula is C15H31N3. The van der Waals surface area contributed by atoms with Gasteiger partial charge in [0.2, 0.25) is 0 Å². The molecule has 2 aliphatic rings. The predicted molar refractivity (Wildman–Crippen MR) is 78.0 cm³/mol. The molecule has 0 saturated carbocycles. The number of rotatable bonds is 6. The highest BCUT2D eigenvalue weighted by Crippen LogP contribution is 2.32. The lowest BCUT2D eigenvalue weighted by atomic mass is 9.82. The van der Waals surface area contributed by atoms with Gasteiger partial charge in [-0.25, -0.2) is 0 Å². The van der Waals surface area contributed by atoms with Crippen molar-refractivity contribution in [1.82, 2.24) is 15.1 Å². The van der Waals surface area contributed by atoms with Gasteiger partial charge in [-0.2, -0.15) is 0 Å². The molecule has 0 spiro atoms. The van der Waals surface area contributed by atoms with Crippen LogP contribution in [0.2, 0.25) is 0 Å². The Morgan fingerprint density at radius 2 is 1.72 bits per heavy atom. The summed E-state index contributed by atoms with van der Waals surface area (Å²) in [6.45, 7) is 14.8. The summed E-state index contributed by atoms with van der Waals surface area (Å²) in [6, 6.07) is 0. The molecule has 0 amide bonds. The molecule has 1 atom stereocenters. The van der Waals surface area contributed by atoms with Crippen molar-refractivity contribution in [3.8, 4) is 0 Å². The van der Waals surface area contributed by atoms with Crippen LogP contribution in [0.4, 0.5) is 0 Å². The predicted octanol–water partition coefficient (Wildman–Crippen LogP) is 1.79. The molecule has 2 saturated heterocycles. The van der Waals surface area contributed by atoms with Crippen LogP contribution in [-0.4, -0.2) is 62.2 Å². The summed E-state index contributed by atoms with van der Waals surface area (Å²) in [6.07, 6.45) is 5.41. The number of nitrogens with zero attached hydrogens (tertiary/aromatic N) is 2. The van der Waals surface area contributed by atoms with Crippen molar-refractivity contribution < 1.29 is 0 Å². The third-order valence-corrected chi connectivity index (χ3v) is 4.68. The third kappa shape index (κ3) is 3.69. The molecular weight excluding hydrogens is 222 g/mol. The van der Waals surface area contributed by atoms with Crippen LogP contribution in [0.1, 0.15) is 39.5 Å². The lowest BCUT2D eigenvalue weighted by Gasteiger charge is -2.40. The van der Waals surface area contributed by atoms with Gasteiger partial charge in [0.15, 0.2) is 0 Å². The van der Waals surface area contributed by atoms with Gasteiger partial charge in [0.1, 0.15) is 0 Å². The van der Waals surface area contributed by atoms with E-state index in [0.29, 0.717) is 5.41 Å². The Balaban J connectivity index is 1.79. The van der Waals surface area contributed by atoms with Crippen molar-refractivity contribution in [2.75, 3.05) is 52.4 Å². The average molecular weight is 253 g/mol. The van der Waals surface area contributed by atoms with E-state index >= 15 is 0 Å². The first-order valence-electron chi connectivity index (χ1n) is 7.93. The molecule has 0 aliphatic carbocycles. The van der Waals surface area contributed by atoms with E-state index in [-0.39, 0.29) is 0 Å². The zero-order valence-electron chi connectivity index (χ0n) is 12.4. The quantitative estimate of drug-likeness (QED) is 0.778. The van der Waals surface area contributed by atoms with E-state index in [4.69, 9.17) is 0 Å². The number of nitrogens with one attached hydrogen (secondary N) is 1. The first kappa shape index (κ1) is 14.3. The van der Waals surface area contributed by atoms with Crippen LogP contribution in [-0.2, 0) is 0 Å². The summed E-state index contributed by atoms with van der Waals surface area (Å²) in [5, 5.41) is 3.58. The first-order chi connectivity index (χ1) is 8.78. The van der Waals surface area contributed by atoms with Crippen molar-refractivity contribution >= 4 is 0 Å². The average Bonchev–Trinajstić information content (AvgIpc) is 2.81. The van der Waals surface area contributed by atoms with Crippen LogP contribution < -0.4 is 5.32 Å². The highest BCUT2D eigenvalue weighted by atomic mass is 15.3. The maximum absolute atomic E-state index is 3.58. The summed E-state index contributed by atoms with van der Waals surface area (Å²) in [5.41, 5.74) is 0.585. The molecule has 0 aromatic rings. The fourth-order valence-electron chi connectivity index (χ4n) is 3.71. The second kappa shape index (κ2) is 6.88. The zero-order chi connectivity index (χ0) is 12.8. The highest BCUT2D eigenvalue weighted by molar-refractivity contribution is 4.91. The molecule has 2 fully saturated rings. The maximum atomic E-state index is 3.58.